The summed E-state index contributed by atoms with van der Waals surface area (Å²) in [5, 5.41) is 5.95. The van der Waals surface area contributed by atoms with Gasteiger partial charge >= 0.3 is 0 Å². The SMILES string of the molecule is CCOc1ccc(C(C)NC(=O)CNCCOC)cc1OC.Cl. The molecule has 0 radical (unpaired) electrons. The van der Waals surface area contributed by atoms with Crippen molar-refractivity contribution in [2.24, 2.45) is 0 Å². The second kappa shape index (κ2) is 12.0. The molecule has 6 nitrogen and oxygen atoms in total. The van der Waals surface area contributed by atoms with Gasteiger partial charge in [-0.1, -0.05) is 6.07 Å². The third kappa shape index (κ3) is 7.54. The maximum absolute atomic E-state index is 11.8. The van der Waals surface area contributed by atoms with Crippen LogP contribution in [-0.4, -0.2) is 46.4 Å². The Morgan fingerprint density at radius 2 is 2.00 bits per heavy atom. The van der Waals surface area contributed by atoms with E-state index in [0.717, 1.165) is 5.56 Å². The van der Waals surface area contributed by atoms with E-state index in [2.05, 4.69) is 10.6 Å². The highest BCUT2D eigenvalue weighted by Crippen LogP contribution is 2.30. The second-order valence-electron chi connectivity index (χ2n) is 4.80. The van der Waals surface area contributed by atoms with Gasteiger partial charge in [0, 0.05) is 13.7 Å². The number of ether oxygens (including phenoxy) is 3. The van der Waals surface area contributed by atoms with E-state index >= 15 is 0 Å². The lowest BCUT2D eigenvalue weighted by Crippen LogP contribution is -2.36. The largest absolute Gasteiger partial charge is 0.493 e. The summed E-state index contributed by atoms with van der Waals surface area (Å²) < 4.78 is 15.7. The molecule has 0 fully saturated rings. The van der Waals surface area contributed by atoms with Gasteiger partial charge in [0.1, 0.15) is 0 Å². The number of hydrogen-bond acceptors (Lipinski definition) is 5. The van der Waals surface area contributed by atoms with E-state index < -0.39 is 0 Å². The van der Waals surface area contributed by atoms with E-state index in [9.17, 15) is 4.79 Å². The van der Waals surface area contributed by atoms with Crippen LogP contribution in [0.5, 0.6) is 11.5 Å². The predicted octanol–water partition coefficient (Wildman–Crippen LogP) is 1.93. The third-order valence-corrected chi connectivity index (χ3v) is 3.13. The lowest BCUT2D eigenvalue weighted by Gasteiger charge is -2.17. The number of amides is 1. The number of halogens is 1. The van der Waals surface area contributed by atoms with Crippen LogP contribution in [0.4, 0.5) is 0 Å². The Balaban J connectivity index is 0.00000484. The van der Waals surface area contributed by atoms with E-state index in [1.165, 1.54) is 0 Å². The van der Waals surface area contributed by atoms with Crippen LogP contribution in [0.1, 0.15) is 25.5 Å². The number of carbonyl (C=O) groups is 1. The molecule has 1 unspecified atom stereocenters. The summed E-state index contributed by atoms with van der Waals surface area (Å²) in [5.74, 6) is 1.31. The standard InChI is InChI=1S/C16H26N2O4.ClH/c1-5-22-14-7-6-13(10-15(14)21-4)12(2)18-16(19)11-17-8-9-20-3;/h6-7,10,12,17H,5,8-9,11H2,1-4H3,(H,18,19);1H. The van der Waals surface area contributed by atoms with Crippen LogP contribution in [0.15, 0.2) is 18.2 Å². The van der Waals surface area contributed by atoms with E-state index in [-0.39, 0.29) is 30.9 Å². The van der Waals surface area contributed by atoms with Crippen molar-refractivity contribution >= 4 is 18.3 Å². The Kier molecular flexibility index (Phi) is 11.2. The van der Waals surface area contributed by atoms with Gasteiger partial charge in [0.05, 0.1) is 32.9 Å². The van der Waals surface area contributed by atoms with Crippen molar-refractivity contribution in [2.75, 3.05) is 40.5 Å². The normalized spacial score (nSPS) is 11.3. The number of methoxy groups -OCH3 is 2. The predicted molar refractivity (Wildman–Crippen MR) is 92.7 cm³/mol. The molecule has 1 amide bonds. The van der Waals surface area contributed by atoms with Gasteiger partial charge in [0.2, 0.25) is 5.91 Å². The summed E-state index contributed by atoms with van der Waals surface area (Å²) >= 11 is 0. The minimum Gasteiger partial charge on any atom is -0.493 e. The molecular weight excluding hydrogens is 320 g/mol. The molecule has 2 N–H and O–H groups in total. The van der Waals surface area contributed by atoms with Crippen molar-refractivity contribution in [3.8, 4) is 11.5 Å². The monoisotopic (exact) mass is 346 g/mol. The Morgan fingerprint density at radius 1 is 1.26 bits per heavy atom. The fraction of sp³-hybridized carbons (Fsp3) is 0.562. The maximum atomic E-state index is 11.8. The van der Waals surface area contributed by atoms with Gasteiger partial charge < -0.3 is 24.8 Å². The van der Waals surface area contributed by atoms with Gasteiger partial charge in [-0.05, 0) is 31.5 Å². The molecule has 23 heavy (non-hydrogen) atoms. The van der Waals surface area contributed by atoms with Crippen molar-refractivity contribution in [3.05, 3.63) is 23.8 Å². The zero-order valence-corrected chi connectivity index (χ0v) is 15.0. The zero-order valence-electron chi connectivity index (χ0n) is 14.2. The molecule has 0 aliphatic heterocycles. The Labute approximate surface area is 144 Å². The average molecular weight is 347 g/mol. The topological polar surface area (TPSA) is 68.8 Å². The van der Waals surface area contributed by atoms with E-state index in [1.54, 1.807) is 14.2 Å². The molecule has 0 spiro atoms. The van der Waals surface area contributed by atoms with Crippen LogP contribution in [0.2, 0.25) is 0 Å². The lowest BCUT2D eigenvalue weighted by molar-refractivity contribution is -0.120. The first-order chi connectivity index (χ1) is 10.6. The van der Waals surface area contributed by atoms with Gasteiger partial charge in [-0.3, -0.25) is 4.79 Å². The van der Waals surface area contributed by atoms with E-state index in [4.69, 9.17) is 14.2 Å². The highest BCUT2D eigenvalue weighted by molar-refractivity contribution is 5.85. The second-order valence-corrected chi connectivity index (χ2v) is 4.80. The van der Waals surface area contributed by atoms with Crippen LogP contribution < -0.4 is 20.1 Å². The average Bonchev–Trinajstić information content (AvgIpc) is 2.52. The van der Waals surface area contributed by atoms with E-state index in [0.29, 0.717) is 31.3 Å². The summed E-state index contributed by atoms with van der Waals surface area (Å²) in [7, 11) is 3.23. The molecule has 0 saturated heterocycles. The van der Waals surface area contributed by atoms with Crippen molar-refractivity contribution in [2.45, 2.75) is 19.9 Å². The highest BCUT2D eigenvalue weighted by atomic mass is 35.5. The van der Waals surface area contributed by atoms with Crippen molar-refractivity contribution in [1.82, 2.24) is 10.6 Å². The minimum absolute atomic E-state index is 0. The fourth-order valence-electron chi connectivity index (χ4n) is 1.98. The molecule has 1 atom stereocenters. The summed E-state index contributed by atoms with van der Waals surface area (Å²) in [4.78, 5) is 11.8. The molecule has 0 aliphatic carbocycles. The smallest absolute Gasteiger partial charge is 0.234 e. The number of rotatable bonds is 10. The number of hydrogen-bond donors (Lipinski definition) is 2. The number of carbonyl (C=O) groups excluding carboxylic acids is 1. The minimum atomic E-state index is -0.110. The first kappa shape index (κ1) is 21.5. The molecule has 0 aliphatic rings. The number of benzene rings is 1. The summed E-state index contributed by atoms with van der Waals surface area (Å²) in [6, 6.07) is 5.56. The molecular formula is C16H27ClN2O4. The van der Waals surface area contributed by atoms with Gasteiger partial charge in [0.25, 0.3) is 0 Å². The highest BCUT2D eigenvalue weighted by Gasteiger charge is 2.12. The van der Waals surface area contributed by atoms with Gasteiger partial charge in [0.15, 0.2) is 11.5 Å². The molecule has 0 saturated carbocycles. The Hall–Kier alpha value is -1.50. The molecule has 1 aromatic rings. The first-order valence-electron chi connectivity index (χ1n) is 7.42. The number of nitrogens with one attached hydrogen (secondary N) is 2. The fourth-order valence-corrected chi connectivity index (χ4v) is 1.98. The van der Waals surface area contributed by atoms with Crippen molar-refractivity contribution in [1.29, 1.82) is 0 Å². The van der Waals surface area contributed by atoms with Gasteiger partial charge in [-0.15, -0.1) is 12.4 Å². The molecule has 132 valence electrons. The summed E-state index contributed by atoms with van der Waals surface area (Å²) in [6.07, 6.45) is 0. The van der Waals surface area contributed by atoms with Crippen LogP contribution in [-0.2, 0) is 9.53 Å². The van der Waals surface area contributed by atoms with Gasteiger partial charge in [-0.2, -0.15) is 0 Å². The maximum Gasteiger partial charge on any atom is 0.234 e. The summed E-state index contributed by atoms with van der Waals surface area (Å²) in [6.45, 7) is 5.93. The third-order valence-electron chi connectivity index (χ3n) is 3.13. The zero-order chi connectivity index (χ0) is 16.4. The molecule has 7 heteroatoms. The molecule has 0 aromatic heterocycles. The first-order valence-corrected chi connectivity index (χ1v) is 7.42. The van der Waals surface area contributed by atoms with Gasteiger partial charge in [-0.25, -0.2) is 0 Å². The van der Waals surface area contributed by atoms with Crippen LogP contribution in [0.3, 0.4) is 0 Å². The van der Waals surface area contributed by atoms with Crippen molar-refractivity contribution in [3.63, 3.8) is 0 Å². The van der Waals surface area contributed by atoms with E-state index in [1.807, 2.05) is 32.0 Å². The van der Waals surface area contributed by atoms with Crippen LogP contribution in [0, 0.1) is 0 Å². The quantitative estimate of drug-likeness (QED) is 0.634. The molecule has 0 heterocycles. The van der Waals surface area contributed by atoms with Crippen molar-refractivity contribution < 1.29 is 19.0 Å². The molecule has 1 rings (SSSR count). The lowest BCUT2D eigenvalue weighted by atomic mass is 10.1. The molecule has 1 aromatic carbocycles. The Bertz CT molecular complexity index is 471. The van der Waals surface area contributed by atoms with Crippen LogP contribution >= 0.6 is 12.4 Å². The Morgan fingerprint density at radius 3 is 2.61 bits per heavy atom. The summed E-state index contributed by atoms with van der Waals surface area (Å²) in [5.41, 5.74) is 0.963. The van der Waals surface area contributed by atoms with Crippen LogP contribution in [0.25, 0.3) is 0 Å². The molecule has 0 bridgehead atoms.